The van der Waals surface area contributed by atoms with Gasteiger partial charge in [0, 0.05) is 50.0 Å². The normalized spacial score (nSPS) is 15.7. The third-order valence-corrected chi connectivity index (χ3v) is 6.59. The summed E-state index contributed by atoms with van der Waals surface area (Å²) in [5.74, 6) is -0.519. The summed E-state index contributed by atoms with van der Waals surface area (Å²) in [4.78, 5) is 25.7. The smallest absolute Gasteiger partial charge is 0.255 e. The summed E-state index contributed by atoms with van der Waals surface area (Å²) in [6, 6.07) is 12.6. The van der Waals surface area contributed by atoms with Crippen LogP contribution in [0.15, 0.2) is 53.4 Å². The molecule has 0 bridgehead atoms. The zero-order chi connectivity index (χ0) is 21.0. The lowest BCUT2D eigenvalue weighted by molar-refractivity contribution is -0.114. The highest BCUT2D eigenvalue weighted by Gasteiger charge is 2.27. The van der Waals surface area contributed by atoms with E-state index in [-0.39, 0.29) is 16.7 Å². The lowest BCUT2D eigenvalue weighted by Crippen LogP contribution is -2.47. The van der Waals surface area contributed by atoms with Gasteiger partial charge in [-0.1, -0.05) is 0 Å². The van der Waals surface area contributed by atoms with E-state index in [1.165, 1.54) is 35.5 Å². The molecule has 0 atom stereocenters. The van der Waals surface area contributed by atoms with E-state index < -0.39 is 10.0 Å². The molecule has 1 saturated heterocycles. The highest BCUT2D eigenvalue weighted by Crippen LogP contribution is 2.19. The molecule has 1 heterocycles. The summed E-state index contributed by atoms with van der Waals surface area (Å²) in [7, 11) is -1.60. The number of amides is 2. The van der Waals surface area contributed by atoms with Gasteiger partial charge in [-0.05, 0) is 55.6 Å². The average Bonchev–Trinajstić information content (AvgIpc) is 2.69. The van der Waals surface area contributed by atoms with E-state index in [1.807, 2.05) is 7.05 Å². The summed E-state index contributed by atoms with van der Waals surface area (Å²) in [6.07, 6.45) is 0. The molecule has 0 unspecified atom stereocenters. The Balaban J connectivity index is 1.66. The van der Waals surface area contributed by atoms with Crippen molar-refractivity contribution in [1.29, 1.82) is 0 Å². The van der Waals surface area contributed by atoms with Crippen LogP contribution in [0.1, 0.15) is 17.3 Å². The Morgan fingerprint density at radius 1 is 0.828 bits per heavy atom. The number of likely N-dealkylation sites (N-methyl/N-ethyl adjacent to an activating group) is 1. The van der Waals surface area contributed by atoms with Crippen LogP contribution in [0, 0.1) is 0 Å². The van der Waals surface area contributed by atoms with Crippen LogP contribution in [-0.2, 0) is 14.8 Å². The van der Waals surface area contributed by atoms with E-state index in [2.05, 4.69) is 15.5 Å². The molecule has 1 fully saturated rings. The number of hydrogen-bond donors (Lipinski definition) is 2. The summed E-state index contributed by atoms with van der Waals surface area (Å²) in [5, 5.41) is 5.40. The minimum absolute atomic E-state index is 0.173. The number of benzene rings is 2. The fraction of sp³-hybridized carbons (Fsp3) is 0.300. The zero-order valence-corrected chi connectivity index (χ0v) is 17.2. The lowest BCUT2D eigenvalue weighted by atomic mass is 10.2. The van der Waals surface area contributed by atoms with Crippen molar-refractivity contribution < 1.29 is 18.0 Å². The number of rotatable bonds is 5. The van der Waals surface area contributed by atoms with Gasteiger partial charge in [-0.25, -0.2) is 8.42 Å². The van der Waals surface area contributed by atoms with Gasteiger partial charge in [0.05, 0.1) is 4.90 Å². The fourth-order valence-electron chi connectivity index (χ4n) is 3.00. The van der Waals surface area contributed by atoms with Crippen LogP contribution in [0.2, 0.25) is 0 Å². The first-order valence-corrected chi connectivity index (χ1v) is 10.7. The molecule has 0 saturated carbocycles. The number of nitrogens with zero attached hydrogens (tertiary/aromatic N) is 2. The van der Waals surface area contributed by atoms with Gasteiger partial charge in [-0.15, -0.1) is 0 Å². The predicted molar refractivity (Wildman–Crippen MR) is 111 cm³/mol. The van der Waals surface area contributed by atoms with Crippen molar-refractivity contribution in [3.63, 3.8) is 0 Å². The van der Waals surface area contributed by atoms with Crippen LogP contribution in [0.25, 0.3) is 0 Å². The van der Waals surface area contributed by atoms with Crippen molar-refractivity contribution in [2.45, 2.75) is 11.8 Å². The van der Waals surface area contributed by atoms with E-state index in [0.717, 1.165) is 0 Å². The zero-order valence-electron chi connectivity index (χ0n) is 16.4. The van der Waals surface area contributed by atoms with Gasteiger partial charge in [0.2, 0.25) is 15.9 Å². The van der Waals surface area contributed by atoms with E-state index >= 15 is 0 Å². The van der Waals surface area contributed by atoms with Crippen molar-refractivity contribution in [2.24, 2.45) is 0 Å². The van der Waals surface area contributed by atoms with E-state index in [9.17, 15) is 18.0 Å². The van der Waals surface area contributed by atoms with Crippen LogP contribution in [-0.4, -0.2) is 62.7 Å². The Bertz CT molecular complexity index is 980. The lowest BCUT2D eigenvalue weighted by Gasteiger charge is -2.31. The largest absolute Gasteiger partial charge is 0.326 e. The first-order chi connectivity index (χ1) is 13.8. The highest BCUT2D eigenvalue weighted by atomic mass is 32.2. The first-order valence-electron chi connectivity index (χ1n) is 9.23. The van der Waals surface area contributed by atoms with Gasteiger partial charge in [-0.2, -0.15) is 4.31 Å². The predicted octanol–water partition coefficient (Wildman–Crippen LogP) is 1.83. The van der Waals surface area contributed by atoms with Crippen molar-refractivity contribution in [2.75, 3.05) is 43.9 Å². The molecule has 0 radical (unpaired) electrons. The molecule has 8 nitrogen and oxygen atoms in total. The van der Waals surface area contributed by atoms with E-state index in [4.69, 9.17) is 0 Å². The topological polar surface area (TPSA) is 98.8 Å². The Labute approximate surface area is 170 Å². The number of nitrogens with one attached hydrogen (secondary N) is 2. The fourth-order valence-corrected chi connectivity index (χ4v) is 4.42. The maximum atomic E-state index is 12.8. The number of anilines is 2. The third kappa shape index (κ3) is 5.20. The van der Waals surface area contributed by atoms with Crippen LogP contribution in [0.5, 0.6) is 0 Å². The monoisotopic (exact) mass is 416 g/mol. The van der Waals surface area contributed by atoms with E-state index in [0.29, 0.717) is 43.1 Å². The van der Waals surface area contributed by atoms with Crippen molar-refractivity contribution in [3.8, 4) is 0 Å². The number of sulfonamides is 1. The quantitative estimate of drug-likeness (QED) is 0.775. The second kappa shape index (κ2) is 8.73. The molecule has 3 rings (SSSR count). The molecule has 2 amide bonds. The molecule has 0 spiro atoms. The Kier molecular flexibility index (Phi) is 6.31. The minimum Gasteiger partial charge on any atom is -0.326 e. The molecule has 0 aliphatic carbocycles. The molecule has 2 aromatic rings. The summed E-state index contributed by atoms with van der Waals surface area (Å²) < 4.78 is 27.0. The molecular weight excluding hydrogens is 392 g/mol. The summed E-state index contributed by atoms with van der Waals surface area (Å²) in [5.41, 5.74) is 1.56. The number of carbonyl (C=O) groups excluding carboxylic acids is 2. The first kappa shape index (κ1) is 21.0. The minimum atomic E-state index is -3.56. The summed E-state index contributed by atoms with van der Waals surface area (Å²) >= 11 is 0. The number of piperazine rings is 1. The van der Waals surface area contributed by atoms with Crippen LogP contribution < -0.4 is 10.6 Å². The van der Waals surface area contributed by atoms with Crippen molar-refractivity contribution in [1.82, 2.24) is 9.21 Å². The Morgan fingerprint density at radius 3 is 1.86 bits per heavy atom. The molecule has 2 aromatic carbocycles. The second-order valence-corrected chi connectivity index (χ2v) is 8.88. The van der Waals surface area contributed by atoms with Crippen molar-refractivity contribution >= 4 is 33.2 Å². The maximum absolute atomic E-state index is 12.8. The number of carbonyl (C=O) groups is 2. The highest BCUT2D eigenvalue weighted by molar-refractivity contribution is 7.89. The van der Waals surface area contributed by atoms with Gasteiger partial charge >= 0.3 is 0 Å². The second-order valence-electron chi connectivity index (χ2n) is 6.94. The molecule has 0 aromatic heterocycles. The Morgan fingerprint density at radius 2 is 1.34 bits per heavy atom. The maximum Gasteiger partial charge on any atom is 0.255 e. The number of hydrogen-bond acceptors (Lipinski definition) is 5. The summed E-state index contributed by atoms with van der Waals surface area (Å²) in [6.45, 7) is 3.72. The van der Waals surface area contributed by atoms with Crippen LogP contribution in [0.3, 0.4) is 0 Å². The van der Waals surface area contributed by atoms with E-state index in [1.54, 1.807) is 24.3 Å². The van der Waals surface area contributed by atoms with Crippen LogP contribution >= 0.6 is 0 Å². The van der Waals surface area contributed by atoms with Gasteiger partial charge in [0.25, 0.3) is 5.91 Å². The molecule has 154 valence electrons. The molecule has 1 aliphatic heterocycles. The molecule has 1 aliphatic rings. The third-order valence-electron chi connectivity index (χ3n) is 4.68. The van der Waals surface area contributed by atoms with Crippen LogP contribution in [0.4, 0.5) is 11.4 Å². The standard InChI is InChI=1S/C20H24N4O4S/c1-15(25)21-17-5-7-18(8-6-17)22-20(26)16-3-9-19(10-4-16)29(27,28)24-13-11-23(2)12-14-24/h3-10H,11-14H2,1-2H3,(H,21,25)(H,22,26). The molecular formula is C20H24N4O4S. The van der Waals surface area contributed by atoms with Crippen molar-refractivity contribution in [3.05, 3.63) is 54.1 Å². The van der Waals surface area contributed by atoms with Gasteiger partial charge < -0.3 is 15.5 Å². The SMILES string of the molecule is CC(=O)Nc1ccc(NC(=O)c2ccc(S(=O)(=O)N3CCN(C)CC3)cc2)cc1. The molecule has 29 heavy (non-hydrogen) atoms. The Hall–Kier alpha value is -2.75. The van der Waals surface area contributed by atoms with Gasteiger partial charge in [0.15, 0.2) is 0 Å². The average molecular weight is 417 g/mol. The molecule has 9 heteroatoms. The van der Waals surface area contributed by atoms with Gasteiger partial charge in [0.1, 0.15) is 0 Å². The molecule has 2 N–H and O–H groups in total. The van der Waals surface area contributed by atoms with Gasteiger partial charge in [-0.3, -0.25) is 9.59 Å².